The van der Waals surface area contributed by atoms with Gasteiger partial charge in [-0.2, -0.15) is 0 Å². The van der Waals surface area contributed by atoms with E-state index >= 15 is 0 Å². The third-order valence-corrected chi connectivity index (χ3v) is 3.86. The van der Waals surface area contributed by atoms with Gasteiger partial charge in [0, 0.05) is 20.2 Å². The topological polar surface area (TPSA) is 45.7 Å². The van der Waals surface area contributed by atoms with Crippen molar-refractivity contribution in [1.82, 2.24) is 10.6 Å². The molecule has 0 amide bonds. The minimum Gasteiger partial charge on any atom is -0.379 e. The van der Waals surface area contributed by atoms with Gasteiger partial charge in [0.1, 0.15) is 5.82 Å². The molecule has 1 atom stereocenters. The van der Waals surface area contributed by atoms with Gasteiger partial charge < -0.3 is 15.4 Å². The molecule has 23 heavy (non-hydrogen) atoms. The second-order valence-corrected chi connectivity index (χ2v) is 5.89. The first-order chi connectivity index (χ1) is 10.6. The van der Waals surface area contributed by atoms with Gasteiger partial charge in [0.05, 0.1) is 12.6 Å². The van der Waals surface area contributed by atoms with Gasteiger partial charge in [0.25, 0.3) is 0 Å². The number of ether oxygens (including phenoxy) is 1. The maximum absolute atomic E-state index is 13.6. The molecule has 0 aliphatic heterocycles. The van der Waals surface area contributed by atoms with Gasteiger partial charge in [-0.1, -0.05) is 12.1 Å². The van der Waals surface area contributed by atoms with Gasteiger partial charge in [0.2, 0.25) is 0 Å². The summed E-state index contributed by atoms with van der Waals surface area (Å²) < 4.78 is 19.2. The standard InChI is InChI=1S/C17H26FN3O.HI/c1-12-4-7-15(10-16(12)18)13(2)21-17(19-3)20-8-9-22-11-14-5-6-14;/h4,7,10,13-14H,5-6,8-9,11H2,1-3H3,(H2,19,20,21);1H. The van der Waals surface area contributed by atoms with Crippen molar-refractivity contribution < 1.29 is 9.13 Å². The smallest absolute Gasteiger partial charge is 0.191 e. The third kappa shape index (κ3) is 7.03. The van der Waals surface area contributed by atoms with E-state index in [1.807, 2.05) is 13.0 Å². The van der Waals surface area contributed by atoms with Gasteiger partial charge in [0.15, 0.2) is 5.96 Å². The highest BCUT2D eigenvalue weighted by molar-refractivity contribution is 14.0. The SMILES string of the molecule is CN=C(NCCOCC1CC1)NC(C)c1ccc(C)c(F)c1.I. The Labute approximate surface area is 155 Å². The third-order valence-electron chi connectivity index (χ3n) is 3.86. The second kappa shape index (κ2) is 10.1. The zero-order chi connectivity index (χ0) is 15.9. The molecule has 0 aromatic heterocycles. The summed E-state index contributed by atoms with van der Waals surface area (Å²) in [7, 11) is 1.73. The summed E-state index contributed by atoms with van der Waals surface area (Å²) in [4.78, 5) is 4.18. The Morgan fingerprint density at radius 2 is 2.17 bits per heavy atom. The molecule has 0 spiro atoms. The number of benzene rings is 1. The number of nitrogens with one attached hydrogen (secondary N) is 2. The van der Waals surface area contributed by atoms with Crippen LogP contribution in [0.1, 0.15) is 36.9 Å². The largest absolute Gasteiger partial charge is 0.379 e. The lowest BCUT2D eigenvalue weighted by Gasteiger charge is -2.18. The lowest BCUT2D eigenvalue weighted by molar-refractivity contribution is 0.129. The Morgan fingerprint density at radius 3 is 2.78 bits per heavy atom. The van der Waals surface area contributed by atoms with Crippen LogP contribution in [0, 0.1) is 18.7 Å². The quantitative estimate of drug-likeness (QED) is 0.299. The Morgan fingerprint density at radius 1 is 1.43 bits per heavy atom. The molecule has 1 aromatic carbocycles. The number of hydrogen-bond acceptors (Lipinski definition) is 2. The molecular formula is C17H27FIN3O. The van der Waals surface area contributed by atoms with Crippen LogP contribution in [0.2, 0.25) is 0 Å². The summed E-state index contributed by atoms with van der Waals surface area (Å²) in [5.74, 6) is 1.31. The molecule has 2 rings (SSSR count). The lowest BCUT2D eigenvalue weighted by Crippen LogP contribution is -2.40. The van der Waals surface area contributed by atoms with E-state index in [4.69, 9.17) is 4.74 Å². The van der Waals surface area contributed by atoms with Crippen LogP contribution in [-0.4, -0.2) is 32.8 Å². The molecule has 1 aromatic rings. The van der Waals surface area contributed by atoms with Crippen molar-refractivity contribution in [3.05, 3.63) is 35.1 Å². The molecule has 130 valence electrons. The van der Waals surface area contributed by atoms with Crippen molar-refractivity contribution in [2.75, 3.05) is 26.8 Å². The van der Waals surface area contributed by atoms with Crippen molar-refractivity contribution >= 4 is 29.9 Å². The predicted octanol–water partition coefficient (Wildman–Crippen LogP) is 3.40. The highest BCUT2D eigenvalue weighted by Gasteiger charge is 2.20. The van der Waals surface area contributed by atoms with E-state index in [0.29, 0.717) is 24.7 Å². The fraction of sp³-hybridized carbons (Fsp3) is 0.588. The maximum Gasteiger partial charge on any atom is 0.191 e. The Hall–Kier alpha value is -0.890. The zero-order valence-electron chi connectivity index (χ0n) is 14.1. The predicted molar refractivity (Wildman–Crippen MR) is 103 cm³/mol. The molecule has 0 heterocycles. The van der Waals surface area contributed by atoms with Crippen molar-refractivity contribution in [2.45, 2.75) is 32.7 Å². The van der Waals surface area contributed by atoms with Crippen molar-refractivity contribution in [3.8, 4) is 0 Å². The zero-order valence-corrected chi connectivity index (χ0v) is 16.4. The van der Waals surface area contributed by atoms with Crippen LogP contribution >= 0.6 is 24.0 Å². The first kappa shape index (κ1) is 20.2. The summed E-state index contributed by atoms with van der Waals surface area (Å²) in [6.07, 6.45) is 2.61. The van der Waals surface area contributed by atoms with Crippen LogP contribution in [-0.2, 0) is 4.74 Å². The maximum atomic E-state index is 13.6. The molecule has 1 aliphatic rings. The lowest BCUT2D eigenvalue weighted by atomic mass is 10.1. The Kier molecular flexibility index (Phi) is 8.83. The van der Waals surface area contributed by atoms with Gasteiger partial charge in [-0.15, -0.1) is 24.0 Å². The highest BCUT2D eigenvalue weighted by Crippen LogP contribution is 2.28. The van der Waals surface area contributed by atoms with Gasteiger partial charge >= 0.3 is 0 Å². The molecule has 4 nitrogen and oxygen atoms in total. The van der Waals surface area contributed by atoms with Crippen molar-refractivity contribution in [3.63, 3.8) is 0 Å². The summed E-state index contributed by atoms with van der Waals surface area (Å²) in [6, 6.07) is 5.28. The average molecular weight is 435 g/mol. The average Bonchev–Trinajstić information content (AvgIpc) is 3.32. The number of halogens is 2. The number of rotatable bonds is 7. The molecule has 0 radical (unpaired) electrons. The number of nitrogens with zero attached hydrogens (tertiary/aromatic N) is 1. The minimum atomic E-state index is -0.178. The van der Waals surface area contributed by atoms with Crippen LogP contribution < -0.4 is 10.6 Å². The van der Waals surface area contributed by atoms with Crippen molar-refractivity contribution in [2.24, 2.45) is 10.9 Å². The molecule has 1 fully saturated rings. The number of guanidine groups is 1. The van der Waals surface area contributed by atoms with Crippen LogP contribution in [0.25, 0.3) is 0 Å². The number of hydrogen-bond donors (Lipinski definition) is 2. The minimum absolute atomic E-state index is 0. The Bertz CT molecular complexity index is 521. The highest BCUT2D eigenvalue weighted by atomic mass is 127. The summed E-state index contributed by atoms with van der Waals surface area (Å²) in [5.41, 5.74) is 1.56. The first-order valence-corrected chi connectivity index (χ1v) is 7.91. The van der Waals surface area contributed by atoms with E-state index < -0.39 is 0 Å². The van der Waals surface area contributed by atoms with Gasteiger partial charge in [-0.3, -0.25) is 4.99 Å². The monoisotopic (exact) mass is 435 g/mol. The van der Waals surface area contributed by atoms with E-state index in [9.17, 15) is 4.39 Å². The summed E-state index contributed by atoms with van der Waals surface area (Å²) in [6.45, 7) is 6.00. The van der Waals surface area contributed by atoms with Crippen LogP contribution in [0.4, 0.5) is 4.39 Å². The molecule has 1 saturated carbocycles. The van der Waals surface area contributed by atoms with E-state index in [-0.39, 0.29) is 35.8 Å². The van der Waals surface area contributed by atoms with E-state index in [1.165, 1.54) is 12.8 Å². The number of aliphatic imine (C=N–C) groups is 1. The Balaban J connectivity index is 0.00000264. The molecule has 0 bridgehead atoms. The molecule has 1 aliphatic carbocycles. The van der Waals surface area contributed by atoms with Crippen LogP contribution in [0.15, 0.2) is 23.2 Å². The fourth-order valence-electron chi connectivity index (χ4n) is 2.14. The van der Waals surface area contributed by atoms with Crippen molar-refractivity contribution in [1.29, 1.82) is 0 Å². The molecule has 6 heteroatoms. The van der Waals surface area contributed by atoms with Crippen LogP contribution in [0.5, 0.6) is 0 Å². The number of aryl methyl sites for hydroxylation is 1. The molecular weight excluding hydrogens is 408 g/mol. The summed E-state index contributed by atoms with van der Waals surface area (Å²) in [5, 5.41) is 6.47. The van der Waals surface area contributed by atoms with E-state index in [1.54, 1.807) is 26.1 Å². The van der Waals surface area contributed by atoms with E-state index in [0.717, 1.165) is 18.1 Å². The molecule has 2 N–H and O–H groups in total. The first-order valence-electron chi connectivity index (χ1n) is 7.91. The normalized spacial score (nSPS) is 15.7. The van der Waals surface area contributed by atoms with Gasteiger partial charge in [-0.05, 0) is 49.8 Å². The fourth-order valence-corrected chi connectivity index (χ4v) is 2.14. The van der Waals surface area contributed by atoms with Crippen LogP contribution in [0.3, 0.4) is 0 Å². The van der Waals surface area contributed by atoms with Gasteiger partial charge in [-0.25, -0.2) is 4.39 Å². The van der Waals surface area contributed by atoms with E-state index in [2.05, 4.69) is 15.6 Å². The second-order valence-electron chi connectivity index (χ2n) is 5.89. The summed E-state index contributed by atoms with van der Waals surface area (Å²) >= 11 is 0. The molecule has 0 saturated heterocycles. The molecule has 1 unspecified atom stereocenters.